The summed E-state index contributed by atoms with van der Waals surface area (Å²) in [6, 6.07) is 8.48. The van der Waals surface area contributed by atoms with Crippen LogP contribution in [0.4, 0.5) is 5.82 Å². The average molecular weight is 405 g/mol. The van der Waals surface area contributed by atoms with Gasteiger partial charge in [-0.15, -0.1) is 5.10 Å². The van der Waals surface area contributed by atoms with Crippen molar-refractivity contribution in [1.82, 2.24) is 20.2 Å². The van der Waals surface area contributed by atoms with Crippen molar-refractivity contribution >= 4 is 33.6 Å². The van der Waals surface area contributed by atoms with Crippen LogP contribution in [0.5, 0.6) is 0 Å². The molecule has 0 saturated heterocycles. The number of carboxylic acids is 1. The Morgan fingerprint density at radius 3 is 2.64 bits per heavy atom. The molecule has 10 heteroatoms. The van der Waals surface area contributed by atoms with E-state index in [-0.39, 0.29) is 17.9 Å². The maximum Gasteiger partial charge on any atom is 0.231 e. The monoisotopic (exact) mass is 404 g/mol. The molecule has 2 heterocycles. The van der Waals surface area contributed by atoms with Crippen LogP contribution in [0.25, 0.3) is 5.69 Å². The van der Waals surface area contributed by atoms with E-state index in [1.54, 1.807) is 37.3 Å². The number of hydrogen-bond donors (Lipinski definition) is 1. The normalized spacial score (nSPS) is 10.6. The minimum Gasteiger partial charge on any atom is -0.543 e. The van der Waals surface area contributed by atoms with Crippen LogP contribution in [0.3, 0.4) is 0 Å². The van der Waals surface area contributed by atoms with Crippen LogP contribution in [-0.2, 0) is 11.2 Å². The molecule has 0 aliphatic carbocycles. The van der Waals surface area contributed by atoms with Crippen LogP contribution in [0.2, 0.25) is 0 Å². The summed E-state index contributed by atoms with van der Waals surface area (Å²) in [5.74, 6) is -1.23. The molecule has 0 aliphatic rings. The lowest BCUT2D eigenvalue weighted by molar-refractivity contribution is -0.255. The molecule has 0 bridgehead atoms. The fourth-order valence-corrected chi connectivity index (χ4v) is 2.44. The Labute approximate surface area is 149 Å². The molecule has 0 unspecified atom stereocenters. The third kappa shape index (κ3) is 3.74. The molecule has 0 saturated carbocycles. The van der Waals surface area contributed by atoms with E-state index >= 15 is 0 Å². The number of aromatic carboxylic acids is 1. The van der Waals surface area contributed by atoms with Crippen molar-refractivity contribution in [2.45, 2.75) is 13.3 Å². The highest BCUT2D eigenvalue weighted by molar-refractivity contribution is 9.10. The standard InChI is InChI=1S/C15H12BrN5O4/c1-8-6-12(19-25-8)17-13(22)7-11-14(15(23)24)18-20-21(11)10-4-2-9(16)3-5-10/h2-6H,7H2,1H3,(H,23,24)(H,17,19,22)/p-1. The van der Waals surface area contributed by atoms with Crippen molar-refractivity contribution in [2.24, 2.45) is 0 Å². The molecule has 3 aromatic rings. The molecule has 2 aromatic heterocycles. The summed E-state index contributed by atoms with van der Waals surface area (Å²) in [6.45, 7) is 1.68. The number of hydrogen-bond acceptors (Lipinski definition) is 7. The first-order chi connectivity index (χ1) is 11.9. The maximum atomic E-state index is 12.2. The van der Waals surface area contributed by atoms with Crippen molar-refractivity contribution in [3.05, 3.63) is 52.0 Å². The third-order valence-corrected chi connectivity index (χ3v) is 3.78. The predicted octanol–water partition coefficient (Wildman–Crippen LogP) is 0.871. The zero-order valence-electron chi connectivity index (χ0n) is 12.9. The second-order valence-corrected chi connectivity index (χ2v) is 6.02. The first kappa shape index (κ1) is 16.8. The Bertz CT molecular complexity index is 932. The van der Waals surface area contributed by atoms with E-state index in [4.69, 9.17) is 4.52 Å². The summed E-state index contributed by atoms with van der Waals surface area (Å²) >= 11 is 3.31. The van der Waals surface area contributed by atoms with Crippen LogP contribution in [0.15, 0.2) is 39.3 Å². The van der Waals surface area contributed by atoms with E-state index in [1.807, 2.05) is 0 Å². The number of halogens is 1. The summed E-state index contributed by atoms with van der Waals surface area (Å²) in [5.41, 5.74) is 0.262. The Morgan fingerprint density at radius 2 is 2.04 bits per heavy atom. The maximum absolute atomic E-state index is 12.2. The molecule has 1 amide bonds. The summed E-state index contributed by atoms with van der Waals surface area (Å²) in [6.07, 6.45) is -0.279. The largest absolute Gasteiger partial charge is 0.543 e. The zero-order valence-corrected chi connectivity index (χ0v) is 14.5. The number of benzene rings is 1. The molecule has 0 spiro atoms. The van der Waals surface area contributed by atoms with Crippen LogP contribution in [-0.4, -0.2) is 32.0 Å². The van der Waals surface area contributed by atoms with Crippen molar-refractivity contribution in [3.63, 3.8) is 0 Å². The van der Waals surface area contributed by atoms with E-state index in [0.29, 0.717) is 11.4 Å². The van der Waals surface area contributed by atoms with Gasteiger partial charge in [-0.3, -0.25) is 4.79 Å². The topological polar surface area (TPSA) is 126 Å². The van der Waals surface area contributed by atoms with E-state index < -0.39 is 17.6 Å². The van der Waals surface area contributed by atoms with E-state index in [2.05, 4.69) is 36.7 Å². The summed E-state index contributed by atoms with van der Waals surface area (Å²) in [7, 11) is 0. The Hall–Kier alpha value is -3.01. The number of amides is 1. The van der Waals surface area contributed by atoms with Gasteiger partial charge in [0.05, 0.1) is 23.8 Å². The van der Waals surface area contributed by atoms with Gasteiger partial charge in [0.1, 0.15) is 11.5 Å². The number of rotatable bonds is 5. The molecule has 0 atom stereocenters. The lowest BCUT2D eigenvalue weighted by Crippen LogP contribution is -2.26. The van der Waals surface area contributed by atoms with Crippen molar-refractivity contribution in [1.29, 1.82) is 0 Å². The van der Waals surface area contributed by atoms with E-state index in [1.165, 1.54) is 4.68 Å². The van der Waals surface area contributed by atoms with Crippen LogP contribution in [0.1, 0.15) is 21.9 Å². The predicted molar refractivity (Wildman–Crippen MR) is 87.0 cm³/mol. The molecule has 0 fully saturated rings. The third-order valence-electron chi connectivity index (χ3n) is 3.25. The van der Waals surface area contributed by atoms with Crippen molar-refractivity contribution < 1.29 is 19.2 Å². The number of nitrogens with zero attached hydrogens (tertiary/aromatic N) is 4. The van der Waals surface area contributed by atoms with Crippen LogP contribution in [0, 0.1) is 6.92 Å². The number of anilines is 1. The van der Waals surface area contributed by atoms with Crippen molar-refractivity contribution in [3.8, 4) is 5.69 Å². The summed E-state index contributed by atoms with van der Waals surface area (Å²) in [4.78, 5) is 23.5. The Kier molecular flexibility index (Phi) is 4.61. The highest BCUT2D eigenvalue weighted by Crippen LogP contribution is 2.17. The van der Waals surface area contributed by atoms with Gasteiger partial charge in [-0.1, -0.05) is 26.3 Å². The Balaban J connectivity index is 1.90. The van der Waals surface area contributed by atoms with Crippen LogP contribution < -0.4 is 10.4 Å². The van der Waals surface area contributed by atoms with Gasteiger partial charge in [-0.05, 0) is 31.2 Å². The molecule has 0 radical (unpaired) electrons. The highest BCUT2D eigenvalue weighted by Gasteiger charge is 2.19. The van der Waals surface area contributed by atoms with Gasteiger partial charge in [-0.25, -0.2) is 4.68 Å². The minimum absolute atomic E-state index is 0.0973. The number of carbonyl (C=O) groups excluding carboxylic acids is 2. The number of nitrogens with one attached hydrogen (secondary N) is 1. The second kappa shape index (κ2) is 6.85. The molecule has 0 aliphatic heterocycles. The number of aryl methyl sites for hydroxylation is 1. The average Bonchev–Trinajstić information content (AvgIpc) is 3.14. The molecular formula is C15H11BrN5O4-. The van der Waals surface area contributed by atoms with Gasteiger partial charge < -0.3 is 19.7 Å². The summed E-state index contributed by atoms with van der Waals surface area (Å²) < 4.78 is 6.99. The van der Waals surface area contributed by atoms with Gasteiger partial charge in [0.25, 0.3) is 0 Å². The quantitative estimate of drug-likeness (QED) is 0.668. The molecule has 1 N–H and O–H groups in total. The molecule has 1 aromatic carbocycles. The van der Waals surface area contributed by atoms with E-state index in [9.17, 15) is 14.7 Å². The fourth-order valence-electron chi connectivity index (χ4n) is 2.17. The van der Waals surface area contributed by atoms with Gasteiger partial charge in [0, 0.05) is 10.5 Å². The molecule has 25 heavy (non-hydrogen) atoms. The first-order valence-electron chi connectivity index (χ1n) is 7.09. The Morgan fingerprint density at radius 1 is 1.32 bits per heavy atom. The summed E-state index contributed by atoms with van der Waals surface area (Å²) in [5, 5.41) is 24.9. The highest BCUT2D eigenvalue weighted by atomic mass is 79.9. The first-order valence-corrected chi connectivity index (χ1v) is 7.88. The number of carboxylic acid groups (broad SMARTS) is 1. The molecule has 128 valence electrons. The van der Waals surface area contributed by atoms with E-state index in [0.717, 1.165) is 4.47 Å². The number of aromatic nitrogens is 4. The van der Waals surface area contributed by atoms with Gasteiger partial charge in [0.2, 0.25) is 5.91 Å². The zero-order chi connectivity index (χ0) is 18.0. The second-order valence-electron chi connectivity index (χ2n) is 5.11. The van der Waals surface area contributed by atoms with Crippen molar-refractivity contribution in [2.75, 3.05) is 5.32 Å². The molecular weight excluding hydrogens is 394 g/mol. The fraction of sp³-hybridized carbons (Fsp3) is 0.133. The van der Waals surface area contributed by atoms with Crippen LogP contribution >= 0.6 is 15.9 Å². The lowest BCUT2D eigenvalue weighted by Gasteiger charge is -2.08. The van der Waals surface area contributed by atoms with Gasteiger partial charge in [0.15, 0.2) is 5.82 Å². The van der Waals surface area contributed by atoms with Gasteiger partial charge >= 0.3 is 0 Å². The lowest BCUT2D eigenvalue weighted by atomic mass is 10.2. The molecule has 3 rings (SSSR count). The number of carbonyl (C=O) groups is 2. The van der Waals surface area contributed by atoms with Gasteiger partial charge in [-0.2, -0.15) is 0 Å². The SMILES string of the molecule is Cc1cc(NC(=O)Cc2c(C(=O)[O-])nnn2-c2ccc(Br)cc2)no1. The smallest absolute Gasteiger partial charge is 0.231 e. The molecule has 9 nitrogen and oxygen atoms in total. The minimum atomic E-state index is -1.51.